The van der Waals surface area contributed by atoms with Gasteiger partial charge in [-0.1, -0.05) is 140 Å². The Morgan fingerprint density at radius 2 is 0.763 bits per heavy atom. The summed E-state index contributed by atoms with van der Waals surface area (Å²) in [6.07, 6.45) is 18.9. The topological polar surface area (TPSA) is 6.48 Å². The molecule has 0 aliphatic rings. The molecule has 38 heavy (non-hydrogen) atoms. The second-order valence-corrected chi connectivity index (χ2v) is 11.4. The highest BCUT2D eigenvalue weighted by atomic mass is 15.1. The third-order valence-electron chi connectivity index (χ3n) is 7.85. The predicted octanol–water partition coefficient (Wildman–Crippen LogP) is 10.5. The van der Waals surface area contributed by atoms with Crippen LogP contribution in [-0.4, -0.2) is 36.0 Å². The first-order valence-corrected chi connectivity index (χ1v) is 16.3. The van der Waals surface area contributed by atoms with E-state index in [0.29, 0.717) is 0 Å². The molecule has 2 aromatic rings. The highest BCUT2D eigenvalue weighted by Crippen LogP contribution is 2.29. The fourth-order valence-corrected chi connectivity index (χ4v) is 5.73. The number of benzene rings is 2. The summed E-state index contributed by atoms with van der Waals surface area (Å²) < 4.78 is 0. The fraction of sp³-hybridized carbons (Fsp3) is 0.667. The van der Waals surface area contributed by atoms with Crippen molar-refractivity contribution in [2.75, 3.05) is 26.2 Å². The Labute approximate surface area is 237 Å². The van der Waals surface area contributed by atoms with Crippen LogP contribution in [-0.2, 0) is 13.1 Å². The fourth-order valence-electron chi connectivity index (χ4n) is 5.73. The van der Waals surface area contributed by atoms with Crippen LogP contribution >= 0.6 is 0 Å². The van der Waals surface area contributed by atoms with Gasteiger partial charge in [-0.25, -0.2) is 0 Å². The van der Waals surface area contributed by atoms with Crippen LogP contribution in [0.4, 0.5) is 0 Å². The number of hydrogen-bond acceptors (Lipinski definition) is 2. The normalized spacial score (nSPS) is 11.6. The molecule has 2 heteroatoms. The van der Waals surface area contributed by atoms with Gasteiger partial charge >= 0.3 is 0 Å². The lowest BCUT2D eigenvalue weighted by molar-refractivity contribution is 0.258. The van der Waals surface area contributed by atoms with E-state index in [-0.39, 0.29) is 0 Å². The molecular weight excluding hydrogens is 460 g/mol. The van der Waals surface area contributed by atoms with E-state index in [4.69, 9.17) is 0 Å². The summed E-state index contributed by atoms with van der Waals surface area (Å²) in [6.45, 7) is 16.2. The highest BCUT2D eigenvalue weighted by Gasteiger charge is 2.14. The summed E-state index contributed by atoms with van der Waals surface area (Å²) >= 11 is 0. The number of unbranched alkanes of at least 4 members (excludes halogenated alkanes) is 10. The molecule has 0 aliphatic heterocycles. The second kappa shape index (κ2) is 21.2. The van der Waals surface area contributed by atoms with Crippen molar-refractivity contribution in [1.82, 2.24) is 9.80 Å². The number of nitrogens with zero attached hydrogens (tertiary/aromatic N) is 2. The molecule has 0 spiro atoms. The zero-order valence-electron chi connectivity index (χ0n) is 25.7. The van der Waals surface area contributed by atoms with Crippen molar-refractivity contribution in [3.8, 4) is 11.1 Å². The Hall–Kier alpha value is -1.64. The molecule has 0 atom stereocenters. The minimum absolute atomic E-state index is 1.06. The van der Waals surface area contributed by atoms with E-state index in [1.165, 1.54) is 138 Å². The zero-order chi connectivity index (χ0) is 27.3. The molecule has 0 saturated heterocycles. The van der Waals surface area contributed by atoms with Gasteiger partial charge in [0, 0.05) is 13.1 Å². The van der Waals surface area contributed by atoms with Crippen LogP contribution in [0.2, 0.25) is 0 Å². The first kappa shape index (κ1) is 32.6. The van der Waals surface area contributed by atoms with Gasteiger partial charge in [0.05, 0.1) is 0 Å². The Kier molecular flexibility index (Phi) is 18.2. The Balaban J connectivity index is 2.08. The number of rotatable bonds is 23. The van der Waals surface area contributed by atoms with Crippen LogP contribution in [0.3, 0.4) is 0 Å². The summed E-state index contributed by atoms with van der Waals surface area (Å²) in [5.41, 5.74) is 5.83. The molecule has 2 aromatic carbocycles. The van der Waals surface area contributed by atoms with Crippen molar-refractivity contribution in [3.63, 3.8) is 0 Å². The molecule has 0 aliphatic carbocycles. The molecule has 0 heterocycles. The first-order valence-electron chi connectivity index (χ1n) is 16.3. The van der Waals surface area contributed by atoms with E-state index < -0.39 is 0 Å². The van der Waals surface area contributed by atoms with Crippen molar-refractivity contribution >= 4 is 0 Å². The van der Waals surface area contributed by atoms with Crippen LogP contribution in [0, 0.1) is 0 Å². The van der Waals surface area contributed by atoms with Crippen molar-refractivity contribution in [2.45, 2.75) is 131 Å². The van der Waals surface area contributed by atoms with Gasteiger partial charge in [0.2, 0.25) is 0 Å². The molecule has 0 N–H and O–H groups in total. The second-order valence-electron chi connectivity index (χ2n) is 11.4. The van der Waals surface area contributed by atoms with Crippen molar-refractivity contribution < 1.29 is 0 Å². The van der Waals surface area contributed by atoms with Gasteiger partial charge in [0.15, 0.2) is 0 Å². The van der Waals surface area contributed by atoms with Crippen molar-refractivity contribution in [1.29, 1.82) is 0 Å². The maximum atomic E-state index is 2.70. The van der Waals surface area contributed by atoms with Gasteiger partial charge in [-0.3, -0.25) is 9.80 Å². The summed E-state index contributed by atoms with van der Waals surface area (Å²) in [5, 5.41) is 0. The van der Waals surface area contributed by atoms with Crippen LogP contribution in [0.1, 0.15) is 129 Å². The molecule has 0 aromatic heterocycles. The zero-order valence-corrected chi connectivity index (χ0v) is 25.7. The van der Waals surface area contributed by atoms with Crippen LogP contribution in [0.25, 0.3) is 11.1 Å². The SMILES string of the molecule is CCCCCCCCN(CCC)Cc1ccccc1-c1ccccc1CN(CCC)CCCCCCCC. The van der Waals surface area contributed by atoms with E-state index in [9.17, 15) is 0 Å². The minimum atomic E-state index is 1.06. The predicted molar refractivity (Wildman–Crippen MR) is 170 cm³/mol. The van der Waals surface area contributed by atoms with E-state index in [2.05, 4.69) is 86.0 Å². The molecule has 0 fully saturated rings. The van der Waals surface area contributed by atoms with Gasteiger partial charge < -0.3 is 0 Å². The van der Waals surface area contributed by atoms with E-state index >= 15 is 0 Å². The van der Waals surface area contributed by atoms with E-state index in [1.54, 1.807) is 0 Å². The summed E-state index contributed by atoms with van der Waals surface area (Å²) in [6, 6.07) is 18.4. The van der Waals surface area contributed by atoms with Gasteiger partial charge in [-0.05, 0) is 74.1 Å². The molecule has 2 nitrogen and oxygen atoms in total. The quantitative estimate of drug-likeness (QED) is 0.134. The summed E-state index contributed by atoms with van der Waals surface area (Å²) in [7, 11) is 0. The molecule has 2 rings (SSSR count). The lowest BCUT2D eigenvalue weighted by Gasteiger charge is -2.26. The molecule has 214 valence electrons. The van der Waals surface area contributed by atoms with E-state index in [1.807, 2.05) is 0 Å². The average Bonchev–Trinajstić information content (AvgIpc) is 2.93. The monoisotopic (exact) mass is 520 g/mol. The molecule has 0 radical (unpaired) electrons. The van der Waals surface area contributed by atoms with Gasteiger partial charge in [0.1, 0.15) is 0 Å². The highest BCUT2D eigenvalue weighted by molar-refractivity contribution is 5.70. The molecule has 0 saturated carbocycles. The van der Waals surface area contributed by atoms with E-state index in [0.717, 1.165) is 13.1 Å². The standard InChI is InChI=1S/C36H60N2/c1-5-9-11-13-15-21-29-37(27-7-3)31-33-23-17-19-25-35(33)36-26-20-18-24-34(36)32-38(28-8-4)30-22-16-14-12-10-6-2/h17-20,23-26H,5-16,21-22,27-32H2,1-4H3. The third kappa shape index (κ3) is 12.9. The Morgan fingerprint density at radius 3 is 1.16 bits per heavy atom. The third-order valence-corrected chi connectivity index (χ3v) is 7.85. The van der Waals surface area contributed by atoms with Crippen molar-refractivity contribution in [3.05, 3.63) is 59.7 Å². The van der Waals surface area contributed by atoms with Gasteiger partial charge in [0.25, 0.3) is 0 Å². The molecular formula is C36H60N2. The van der Waals surface area contributed by atoms with Crippen LogP contribution in [0.15, 0.2) is 48.5 Å². The molecule has 0 bridgehead atoms. The summed E-state index contributed by atoms with van der Waals surface area (Å²) in [5.74, 6) is 0. The smallest absolute Gasteiger partial charge is 0.0239 e. The molecule has 0 unspecified atom stereocenters. The maximum absolute atomic E-state index is 2.70. The molecule has 0 amide bonds. The number of hydrogen-bond donors (Lipinski definition) is 0. The Morgan fingerprint density at radius 1 is 0.395 bits per heavy atom. The van der Waals surface area contributed by atoms with Gasteiger partial charge in [-0.15, -0.1) is 0 Å². The largest absolute Gasteiger partial charge is 0.299 e. The lowest BCUT2D eigenvalue weighted by atomic mass is 9.94. The van der Waals surface area contributed by atoms with Gasteiger partial charge in [-0.2, -0.15) is 0 Å². The maximum Gasteiger partial charge on any atom is 0.0239 e. The summed E-state index contributed by atoms with van der Waals surface area (Å²) in [4.78, 5) is 5.40. The Bertz CT molecular complexity index is 760. The minimum Gasteiger partial charge on any atom is -0.299 e. The lowest BCUT2D eigenvalue weighted by Crippen LogP contribution is -2.26. The average molecular weight is 521 g/mol. The first-order chi connectivity index (χ1) is 18.7. The van der Waals surface area contributed by atoms with Crippen molar-refractivity contribution in [2.24, 2.45) is 0 Å². The van der Waals surface area contributed by atoms with Crippen LogP contribution < -0.4 is 0 Å². The van der Waals surface area contributed by atoms with Crippen LogP contribution in [0.5, 0.6) is 0 Å².